The van der Waals surface area contributed by atoms with Crippen molar-refractivity contribution < 1.29 is 4.84 Å². The van der Waals surface area contributed by atoms with E-state index in [1.165, 1.54) is 5.56 Å². The third-order valence-electron chi connectivity index (χ3n) is 1.80. The van der Waals surface area contributed by atoms with E-state index in [0.29, 0.717) is 13.2 Å². The summed E-state index contributed by atoms with van der Waals surface area (Å²) in [6, 6.07) is 8.19. The van der Waals surface area contributed by atoms with Gasteiger partial charge >= 0.3 is 0 Å². The van der Waals surface area contributed by atoms with Gasteiger partial charge in [0.2, 0.25) is 0 Å². The van der Waals surface area contributed by atoms with Crippen molar-refractivity contribution in [2.75, 3.05) is 6.54 Å². The Morgan fingerprint density at radius 1 is 1.36 bits per heavy atom. The molecular formula is C11H16N2O. The van der Waals surface area contributed by atoms with Crippen LogP contribution in [-0.4, -0.2) is 12.8 Å². The second kappa shape index (κ2) is 6.16. The van der Waals surface area contributed by atoms with E-state index in [1.807, 2.05) is 12.1 Å². The van der Waals surface area contributed by atoms with E-state index in [9.17, 15) is 0 Å². The quantitative estimate of drug-likeness (QED) is 0.571. The molecule has 0 aliphatic rings. The number of oxime groups is 1. The molecule has 0 atom stereocenters. The summed E-state index contributed by atoms with van der Waals surface area (Å²) >= 11 is 0. The Labute approximate surface area is 84.6 Å². The minimum Gasteiger partial charge on any atom is -0.391 e. The van der Waals surface area contributed by atoms with Crippen LogP contribution in [0.15, 0.2) is 29.4 Å². The number of nitrogens with two attached hydrogens (primary N) is 1. The minimum absolute atomic E-state index is 0.515. The van der Waals surface area contributed by atoms with Crippen molar-refractivity contribution in [1.29, 1.82) is 0 Å². The lowest BCUT2D eigenvalue weighted by Crippen LogP contribution is -1.98. The molecular weight excluding hydrogens is 176 g/mol. The second-order valence-electron chi connectivity index (χ2n) is 3.12. The highest BCUT2D eigenvalue weighted by molar-refractivity contribution is 5.56. The first-order chi connectivity index (χ1) is 6.83. The van der Waals surface area contributed by atoms with Crippen molar-refractivity contribution in [3.63, 3.8) is 0 Å². The molecule has 3 nitrogen and oxygen atoms in total. The zero-order chi connectivity index (χ0) is 10.2. The van der Waals surface area contributed by atoms with Gasteiger partial charge in [-0.05, 0) is 25.5 Å². The first-order valence-electron chi connectivity index (χ1n) is 4.72. The summed E-state index contributed by atoms with van der Waals surface area (Å²) in [6.45, 7) is 3.18. The number of rotatable bonds is 5. The van der Waals surface area contributed by atoms with E-state index in [2.05, 4.69) is 24.2 Å². The Hall–Kier alpha value is -1.35. The summed E-state index contributed by atoms with van der Waals surface area (Å²) in [5.74, 6) is 0. The van der Waals surface area contributed by atoms with Crippen LogP contribution in [0.3, 0.4) is 0 Å². The Kier molecular flexibility index (Phi) is 4.72. The monoisotopic (exact) mass is 192 g/mol. The van der Waals surface area contributed by atoms with E-state index in [4.69, 9.17) is 10.6 Å². The fourth-order valence-corrected chi connectivity index (χ4v) is 0.976. The molecule has 0 saturated carbocycles. The molecule has 1 aromatic carbocycles. The molecule has 0 unspecified atom stereocenters. The van der Waals surface area contributed by atoms with Gasteiger partial charge in [0, 0.05) is 6.21 Å². The van der Waals surface area contributed by atoms with Crippen LogP contribution in [0.1, 0.15) is 17.5 Å². The fraction of sp³-hybridized carbons (Fsp3) is 0.364. The molecule has 2 N–H and O–H groups in total. The highest BCUT2D eigenvalue weighted by atomic mass is 16.6. The summed E-state index contributed by atoms with van der Waals surface area (Å²) in [7, 11) is 0. The number of nitrogens with zero attached hydrogens (tertiary/aromatic N) is 1. The van der Waals surface area contributed by atoms with Crippen LogP contribution in [0.4, 0.5) is 0 Å². The standard InChI is InChI=1S/C11H16N2O/c1-10-3-5-11(6-4-10)9-14-13-8-2-7-12/h3-6,8H,2,7,9,12H2,1H3/b13-8+. The van der Waals surface area contributed by atoms with Crippen LogP contribution >= 0.6 is 0 Å². The number of benzene rings is 1. The van der Waals surface area contributed by atoms with E-state index in [0.717, 1.165) is 12.0 Å². The lowest BCUT2D eigenvalue weighted by molar-refractivity contribution is 0.131. The Morgan fingerprint density at radius 3 is 2.71 bits per heavy atom. The predicted molar refractivity (Wildman–Crippen MR) is 58.1 cm³/mol. The number of aryl methyl sites for hydroxylation is 1. The zero-order valence-corrected chi connectivity index (χ0v) is 8.44. The topological polar surface area (TPSA) is 47.6 Å². The molecule has 0 aliphatic heterocycles. The van der Waals surface area contributed by atoms with E-state index in [1.54, 1.807) is 6.21 Å². The largest absolute Gasteiger partial charge is 0.391 e. The molecule has 0 aliphatic carbocycles. The zero-order valence-electron chi connectivity index (χ0n) is 8.44. The van der Waals surface area contributed by atoms with Gasteiger partial charge in [-0.25, -0.2) is 0 Å². The molecule has 3 heteroatoms. The Bertz CT molecular complexity index is 280. The maximum atomic E-state index is 5.29. The van der Waals surface area contributed by atoms with Crippen molar-refractivity contribution in [1.82, 2.24) is 0 Å². The van der Waals surface area contributed by atoms with Gasteiger partial charge < -0.3 is 10.6 Å². The normalized spacial score (nSPS) is 10.7. The van der Waals surface area contributed by atoms with Crippen molar-refractivity contribution in [3.8, 4) is 0 Å². The maximum absolute atomic E-state index is 5.29. The van der Waals surface area contributed by atoms with Crippen molar-refractivity contribution in [3.05, 3.63) is 35.4 Å². The first kappa shape index (κ1) is 10.7. The molecule has 1 aromatic rings. The molecule has 76 valence electrons. The SMILES string of the molecule is Cc1ccc(CO/N=C/CCN)cc1. The summed E-state index contributed by atoms with van der Waals surface area (Å²) in [6.07, 6.45) is 2.45. The molecule has 0 bridgehead atoms. The van der Waals surface area contributed by atoms with Crippen molar-refractivity contribution in [2.24, 2.45) is 10.9 Å². The van der Waals surface area contributed by atoms with E-state index >= 15 is 0 Å². The smallest absolute Gasteiger partial charge is 0.142 e. The highest BCUT2D eigenvalue weighted by Gasteiger charge is 1.90. The molecule has 0 aromatic heterocycles. The average molecular weight is 192 g/mol. The van der Waals surface area contributed by atoms with Crippen LogP contribution in [0, 0.1) is 6.92 Å². The van der Waals surface area contributed by atoms with Crippen LogP contribution in [0.2, 0.25) is 0 Å². The van der Waals surface area contributed by atoms with E-state index in [-0.39, 0.29) is 0 Å². The first-order valence-corrected chi connectivity index (χ1v) is 4.72. The third-order valence-corrected chi connectivity index (χ3v) is 1.80. The molecule has 0 amide bonds. The lowest BCUT2D eigenvalue weighted by Gasteiger charge is -1.99. The van der Waals surface area contributed by atoms with Crippen LogP contribution in [0.25, 0.3) is 0 Å². The van der Waals surface area contributed by atoms with E-state index < -0.39 is 0 Å². The van der Waals surface area contributed by atoms with Gasteiger partial charge in [0.1, 0.15) is 6.61 Å². The fourth-order valence-electron chi connectivity index (χ4n) is 0.976. The summed E-state index contributed by atoms with van der Waals surface area (Å²) in [4.78, 5) is 5.08. The summed E-state index contributed by atoms with van der Waals surface area (Å²) in [5.41, 5.74) is 7.67. The molecule has 1 rings (SSSR count). The van der Waals surface area contributed by atoms with Gasteiger partial charge in [-0.3, -0.25) is 0 Å². The van der Waals surface area contributed by atoms with Crippen LogP contribution < -0.4 is 5.73 Å². The summed E-state index contributed by atoms with van der Waals surface area (Å²) < 4.78 is 0. The van der Waals surface area contributed by atoms with Crippen molar-refractivity contribution >= 4 is 6.21 Å². The third kappa shape index (κ3) is 4.05. The van der Waals surface area contributed by atoms with Gasteiger partial charge in [-0.15, -0.1) is 0 Å². The van der Waals surface area contributed by atoms with Gasteiger partial charge in [0.25, 0.3) is 0 Å². The Balaban J connectivity index is 2.28. The van der Waals surface area contributed by atoms with Crippen molar-refractivity contribution in [2.45, 2.75) is 20.0 Å². The molecule has 0 fully saturated rings. The van der Waals surface area contributed by atoms with Gasteiger partial charge in [0.15, 0.2) is 0 Å². The Morgan fingerprint density at radius 2 is 2.07 bits per heavy atom. The van der Waals surface area contributed by atoms with Crippen LogP contribution in [-0.2, 0) is 11.4 Å². The average Bonchev–Trinajstić information content (AvgIpc) is 2.21. The summed E-state index contributed by atoms with van der Waals surface area (Å²) in [5, 5.41) is 3.77. The molecule has 14 heavy (non-hydrogen) atoms. The molecule has 0 spiro atoms. The minimum atomic E-state index is 0.515. The number of hydrogen-bond acceptors (Lipinski definition) is 3. The molecule has 0 heterocycles. The number of hydrogen-bond donors (Lipinski definition) is 1. The second-order valence-corrected chi connectivity index (χ2v) is 3.12. The van der Waals surface area contributed by atoms with Gasteiger partial charge in [-0.2, -0.15) is 0 Å². The molecule has 0 saturated heterocycles. The maximum Gasteiger partial charge on any atom is 0.142 e. The molecule has 0 radical (unpaired) electrons. The predicted octanol–water partition coefficient (Wildman–Crippen LogP) is 1.85. The lowest BCUT2D eigenvalue weighted by atomic mass is 10.2. The van der Waals surface area contributed by atoms with Gasteiger partial charge in [0.05, 0.1) is 0 Å². The highest BCUT2D eigenvalue weighted by Crippen LogP contribution is 2.04. The van der Waals surface area contributed by atoms with Crippen LogP contribution in [0.5, 0.6) is 0 Å². The van der Waals surface area contributed by atoms with Gasteiger partial charge in [-0.1, -0.05) is 35.0 Å².